The lowest BCUT2D eigenvalue weighted by Crippen LogP contribution is -2.19. The first-order chi connectivity index (χ1) is 8.28. The summed E-state index contributed by atoms with van der Waals surface area (Å²) in [4.78, 5) is 16.0. The lowest BCUT2D eigenvalue weighted by atomic mass is 10.1. The van der Waals surface area contributed by atoms with Crippen molar-refractivity contribution in [3.8, 4) is 0 Å². The van der Waals surface area contributed by atoms with E-state index in [9.17, 15) is 4.79 Å². The summed E-state index contributed by atoms with van der Waals surface area (Å²) in [5.41, 5.74) is 8.17. The minimum atomic E-state index is -0.276. The Hall–Kier alpha value is -1.29. The van der Waals surface area contributed by atoms with E-state index in [2.05, 4.69) is 17.6 Å². The SMILES string of the molecule is CC(=NCC(=O)CC(C)(C)S)c1ccc(N)cc1. The van der Waals surface area contributed by atoms with Gasteiger partial charge in [-0.15, -0.1) is 0 Å². The number of ketones is 1. The highest BCUT2D eigenvalue weighted by Crippen LogP contribution is 2.17. The molecule has 2 N–H and O–H groups in total. The summed E-state index contributed by atoms with van der Waals surface area (Å²) in [6.45, 7) is 5.94. The fourth-order valence-corrected chi connectivity index (χ4v) is 1.74. The van der Waals surface area contributed by atoms with E-state index in [1.54, 1.807) is 0 Å². The summed E-state index contributed by atoms with van der Waals surface area (Å²) in [5, 5.41) is 0. The van der Waals surface area contributed by atoms with Crippen LogP contribution in [0.3, 0.4) is 0 Å². The van der Waals surface area contributed by atoms with Crippen LogP contribution in [0.4, 0.5) is 5.69 Å². The first-order valence-corrected chi connectivity index (χ1v) is 6.34. The molecule has 1 rings (SSSR count). The Kier molecular flexibility index (Phi) is 4.96. The summed E-state index contributed by atoms with van der Waals surface area (Å²) in [7, 11) is 0. The van der Waals surface area contributed by atoms with E-state index in [1.807, 2.05) is 45.0 Å². The third-order valence-electron chi connectivity index (χ3n) is 2.45. The molecule has 4 heteroatoms. The molecule has 0 unspecified atom stereocenters. The second kappa shape index (κ2) is 6.05. The summed E-state index contributed by atoms with van der Waals surface area (Å²) in [5.74, 6) is 0.102. The zero-order chi connectivity index (χ0) is 13.8. The number of anilines is 1. The number of rotatable bonds is 5. The molecule has 0 atom stereocenters. The van der Waals surface area contributed by atoms with Crippen molar-refractivity contribution in [1.82, 2.24) is 0 Å². The summed E-state index contributed by atoms with van der Waals surface area (Å²) < 4.78 is -0.276. The standard InChI is InChI=1S/C14H20N2OS/c1-10(11-4-6-12(15)7-5-11)16-9-13(17)8-14(2,3)18/h4-7,18H,8-9,15H2,1-3H3. The molecule has 0 aliphatic heterocycles. The second-order valence-electron chi connectivity index (χ2n) is 5.05. The highest BCUT2D eigenvalue weighted by Gasteiger charge is 2.16. The molecule has 98 valence electrons. The number of benzene rings is 1. The summed E-state index contributed by atoms with van der Waals surface area (Å²) in [6, 6.07) is 7.46. The Morgan fingerprint density at radius 1 is 1.33 bits per heavy atom. The van der Waals surface area contributed by atoms with Crippen molar-refractivity contribution in [2.24, 2.45) is 4.99 Å². The molecule has 0 aliphatic carbocycles. The molecule has 0 aliphatic rings. The molecule has 1 aromatic rings. The highest BCUT2D eigenvalue weighted by molar-refractivity contribution is 7.81. The van der Waals surface area contributed by atoms with E-state index in [0.717, 1.165) is 17.0 Å². The lowest BCUT2D eigenvalue weighted by molar-refractivity contribution is -0.118. The van der Waals surface area contributed by atoms with Gasteiger partial charge in [-0.25, -0.2) is 0 Å². The molecule has 0 saturated carbocycles. The van der Waals surface area contributed by atoms with Crippen molar-refractivity contribution in [1.29, 1.82) is 0 Å². The van der Waals surface area contributed by atoms with Gasteiger partial charge in [-0.1, -0.05) is 26.0 Å². The first kappa shape index (κ1) is 14.8. The smallest absolute Gasteiger partial charge is 0.155 e. The van der Waals surface area contributed by atoms with E-state index in [-0.39, 0.29) is 17.1 Å². The second-order valence-corrected chi connectivity index (χ2v) is 6.26. The van der Waals surface area contributed by atoms with Crippen LogP contribution in [-0.2, 0) is 4.79 Å². The van der Waals surface area contributed by atoms with E-state index in [1.165, 1.54) is 0 Å². The van der Waals surface area contributed by atoms with Crippen LogP contribution in [-0.4, -0.2) is 22.8 Å². The molecule has 0 aromatic heterocycles. The third kappa shape index (κ3) is 5.36. The molecule has 1 aromatic carbocycles. The minimum Gasteiger partial charge on any atom is -0.399 e. The van der Waals surface area contributed by atoms with Crippen LogP contribution < -0.4 is 5.73 Å². The average Bonchev–Trinajstić information content (AvgIpc) is 2.24. The quantitative estimate of drug-likeness (QED) is 0.488. The maximum absolute atomic E-state index is 11.7. The molecule has 0 bridgehead atoms. The molecule has 18 heavy (non-hydrogen) atoms. The molecule has 0 amide bonds. The van der Waals surface area contributed by atoms with Gasteiger partial charge in [-0.05, 0) is 24.6 Å². The molecule has 0 heterocycles. The van der Waals surface area contributed by atoms with Crippen LogP contribution in [0.2, 0.25) is 0 Å². The number of aliphatic imine (C=N–C) groups is 1. The Labute approximate surface area is 114 Å². The average molecular weight is 264 g/mol. The van der Waals surface area contributed by atoms with Crippen LogP contribution in [0.1, 0.15) is 32.8 Å². The summed E-state index contributed by atoms with van der Waals surface area (Å²) in [6.07, 6.45) is 0.425. The number of nitrogen functional groups attached to an aromatic ring is 1. The van der Waals surface area contributed by atoms with Gasteiger partial charge in [0.2, 0.25) is 0 Å². The lowest BCUT2D eigenvalue weighted by Gasteiger charge is -2.14. The Morgan fingerprint density at radius 2 is 1.89 bits per heavy atom. The maximum atomic E-state index is 11.7. The first-order valence-electron chi connectivity index (χ1n) is 5.89. The molecule has 0 radical (unpaired) electrons. The van der Waals surface area contributed by atoms with Gasteiger partial charge in [0.1, 0.15) is 0 Å². The van der Waals surface area contributed by atoms with Crippen LogP contribution in [0, 0.1) is 0 Å². The number of hydrogen-bond acceptors (Lipinski definition) is 4. The van der Waals surface area contributed by atoms with Crippen molar-refractivity contribution in [3.63, 3.8) is 0 Å². The molecular weight excluding hydrogens is 244 g/mol. The van der Waals surface area contributed by atoms with Crippen LogP contribution >= 0.6 is 12.6 Å². The van der Waals surface area contributed by atoms with Gasteiger partial charge in [0.25, 0.3) is 0 Å². The summed E-state index contributed by atoms with van der Waals surface area (Å²) >= 11 is 4.34. The predicted octanol–water partition coefficient (Wildman–Crippen LogP) is 2.75. The van der Waals surface area contributed by atoms with Gasteiger partial charge >= 0.3 is 0 Å². The maximum Gasteiger partial charge on any atom is 0.155 e. The van der Waals surface area contributed by atoms with Crippen molar-refractivity contribution in [3.05, 3.63) is 29.8 Å². The van der Waals surface area contributed by atoms with Gasteiger partial charge in [0.05, 0.1) is 6.54 Å². The largest absolute Gasteiger partial charge is 0.399 e. The highest BCUT2D eigenvalue weighted by atomic mass is 32.1. The van der Waals surface area contributed by atoms with Gasteiger partial charge in [-0.3, -0.25) is 9.79 Å². The number of hydrogen-bond donors (Lipinski definition) is 2. The van der Waals surface area contributed by atoms with Crippen LogP contribution in [0.15, 0.2) is 29.3 Å². The van der Waals surface area contributed by atoms with Gasteiger partial charge in [0.15, 0.2) is 5.78 Å². The van der Waals surface area contributed by atoms with Crippen molar-refractivity contribution < 1.29 is 4.79 Å². The Balaban J connectivity index is 2.62. The van der Waals surface area contributed by atoms with Crippen molar-refractivity contribution in [2.75, 3.05) is 12.3 Å². The number of carbonyl (C=O) groups is 1. The molecule has 0 spiro atoms. The number of nitrogens with zero attached hydrogens (tertiary/aromatic N) is 1. The third-order valence-corrected chi connectivity index (χ3v) is 2.61. The van der Waals surface area contributed by atoms with Crippen molar-refractivity contribution in [2.45, 2.75) is 31.9 Å². The number of thiol groups is 1. The Bertz CT molecular complexity index is 444. The van der Waals surface area contributed by atoms with E-state index in [0.29, 0.717) is 6.42 Å². The fourth-order valence-electron chi connectivity index (χ4n) is 1.56. The van der Waals surface area contributed by atoms with Gasteiger partial charge in [-0.2, -0.15) is 12.6 Å². The Morgan fingerprint density at radius 3 is 2.39 bits per heavy atom. The molecule has 3 nitrogen and oxygen atoms in total. The zero-order valence-corrected chi connectivity index (χ0v) is 12.0. The van der Waals surface area contributed by atoms with E-state index >= 15 is 0 Å². The van der Waals surface area contributed by atoms with E-state index in [4.69, 9.17) is 5.73 Å². The molecular formula is C14H20N2OS. The van der Waals surface area contributed by atoms with E-state index < -0.39 is 0 Å². The van der Waals surface area contributed by atoms with Crippen LogP contribution in [0.5, 0.6) is 0 Å². The monoisotopic (exact) mass is 264 g/mol. The number of nitrogens with two attached hydrogens (primary N) is 1. The minimum absolute atomic E-state index is 0.102. The predicted molar refractivity (Wildman–Crippen MR) is 80.6 cm³/mol. The molecule has 0 saturated heterocycles. The van der Waals surface area contributed by atoms with Gasteiger partial charge < -0.3 is 5.73 Å². The van der Waals surface area contributed by atoms with Crippen molar-refractivity contribution >= 4 is 29.8 Å². The zero-order valence-electron chi connectivity index (χ0n) is 11.1. The normalized spacial score (nSPS) is 12.6. The topological polar surface area (TPSA) is 55.5 Å². The van der Waals surface area contributed by atoms with Crippen LogP contribution in [0.25, 0.3) is 0 Å². The number of carbonyl (C=O) groups excluding carboxylic acids is 1. The van der Waals surface area contributed by atoms with Gasteiger partial charge in [0, 0.05) is 22.6 Å². The molecule has 0 fully saturated rings. The fraction of sp³-hybridized carbons (Fsp3) is 0.429. The number of Topliss-reactive ketones (excluding diaryl/α,β-unsaturated/α-hetero) is 1.